The maximum atomic E-state index is 11.4. The molecule has 0 fully saturated rings. The quantitative estimate of drug-likeness (QED) is 0.777. The van der Waals surface area contributed by atoms with Crippen LogP contribution in [-0.4, -0.2) is 16.1 Å². The molecule has 1 aliphatic rings. The molecule has 3 nitrogen and oxygen atoms in total. The first-order valence-corrected chi connectivity index (χ1v) is 8.72. The summed E-state index contributed by atoms with van der Waals surface area (Å²) < 4.78 is 0. The van der Waals surface area contributed by atoms with Crippen LogP contribution in [0.1, 0.15) is 39.9 Å². The van der Waals surface area contributed by atoms with Crippen LogP contribution in [0.5, 0.6) is 0 Å². The zero-order valence-electron chi connectivity index (χ0n) is 12.7. The second-order valence-electron chi connectivity index (χ2n) is 6.01. The van der Waals surface area contributed by atoms with E-state index in [4.69, 9.17) is 4.98 Å². The second-order valence-corrected chi connectivity index (χ2v) is 7.18. The van der Waals surface area contributed by atoms with Crippen LogP contribution in [0, 0.1) is 0 Å². The highest BCUT2D eigenvalue weighted by Gasteiger charge is 2.29. The number of aliphatic carboxylic acids is 1. The molecular weight excluding hydrogens is 306 g/mol. The van der Waals surface area contributed by atoms with Gasteiger partial charge in [0.05, 0.1) is 16.6 Å². The van der Waals surface area contributed by atoms with Gasteiger partial charge in [0, 0.05) is 11.3 Å². The number of nitrogens with zero attached hydrogens (tertiary/aromatic N) is 1. The molecule has 1 aromatic heterocycles. The van der Waals surface area contributed by atoms with Crippen molar-refractivity contribution in [2.24, 2.45) is 0 Å². The van der Waals surface area contributed by atoms with Crippen LogP contribution in [0.4, 0.5) is 0 Å². The van der Waals surface area contributed by atoms with E-state index in [-0.39, 0.29) is 0 Å². The van der Waals surface area contributed by atoms with Crippen LogP contribution in [0.25, 0.3) is 10.8 Å². The molecule has 0 radical (unpaired) electrons. The van der Waals surface area contributed by atoms with Crippen LogP contribution in [0.15, 0.2) is 42.5 Å². The third kappa shape index (κ3) is 2.63. The number of hydrogen-bond donors (Lipinski definition) is 1. The lowest BCUT2D eigenvalue weighted by molar-refractivity contribution is -0.139. The number of fused-ring (bicyclic) bond motifs is 2. The van der Waals surface area contributed by atoms with Crippen molar-refractivity contribution in [2.45, 2.75) is 31.6 Å². The molecule has 0 saturated carbocycles. The Balaban J connectivity index is 1.71. The molecule has 1 unspecified atom stereocenters. The monoisotopic (exact) mass is 323 g/mol. The predicted octanol–water partition coefficient (Wildman–Crippen LogP) is 4.39. The molecule has 0 aliphatic heterocycles. The molecule has 1 heterocycles. The van der Waals surface area contributed by atoms with Gasteiger partial charge in [0.15, 0.2) is 0 Å². The van der Waals surface area contributed by atoms with Gasteiger partial charge in [-0.1, -0.05) is 42.5 Å². The molecule has 0 bridgehead atoms. The first-order valence-electron chi connectivity index (χ1n) is 7.90. The number of carbonyl (C=O) groups is 1. The minimum Gasteiger partial charge on any atom is -0.481 e. The Labute approximate surface area is 138 Å². The lowest BCUT2D eigenvalue weighted by Crippen LogP contribution is -2.17. The molecule has 4 rings (SSSR count). The van der Waals surface area contributed by atoms with Crippen molar-refractivity contribution in [1.29, 1.82) is 0 Å². The van der Waals surface area contributed by atoms with Crippen molar-refractivity contribution in [3.05, 3.63) is 63.6 Å². The van der Waals surface area contributed by atoms with Crippen molar-refractivity contribution in [1.82, 2.24) is 4.98 Å². The van der Waals surface area contributed by atoms with Gasteiger partial charge in [-0.05, 0) is 35.6 Å². The summed E-state index contributed by atoms with van der Waals surface area (Å²) in [5.41, 5.74) is 2.06. The molecular formula is C19H17NO2S. The topological polar surface area (TPSA) is 50.2 Å². The number of carboxylic acids is 1. The summed E-state index contributed by atoms with van der Waals surface area (Å²) in [6, 6.07) is 14.7. The number of aryl methyl sites for hydroxylation is 1. The average Bonchev–Trinajstić information content (AvgIpc) is 2.97. The van der Waals surface area contributed by atoms with Crippen LogP contribution in [0.3, 0.4) is 0 Å². The average molecular weight is 323 g/mol. The van der Waals surface area contributed by atoms with E-state index < -0.39 is 11.9 Å². The van der Waals surface area contributed by atoms with Crippen molar-refractivity contribution in [2.75, 3.05) is 0 Å². The fraction of sp³-hybridized carbons (Fsp3) is 0.263. The summed E-state index contributed by atoms with van der Waals surface area (Å²) in [6.07, 6.45) is 3.39. The Morgan fingerprint density at radius 3 is 2.91 bits per heavy atom. The third-order valence-electron chi connectivity index (χ3n) is 4.52. The largest absolute Gasteiger partial charge is 0.481 e. The Kier molecular flexibility index (Phi) is 3.62. The maximum absolute atomic E-state index is 11.4. The lowest BCUT2D eigenvalue weighted by atomic mass is 9.91. The molecule has 23 heavy (non-hydrogen) atoms. The van der Waals surface area contributed by atoms with E-state index in [1.165, 1.54) is 21.2 Å². The Bertz CT molecular complexity index is 879. The number of thiazole rings is 1. The molecule has 1 aliphatic carbocycles. The summed E-state index contributed by atoms with van der Waals surface area (Å²) >= 11 is 1.69. The normalized spacial score (nSPS) is 17.1. The van der Waals surface area contributed by atoms with Crippen LogP contribution < -0.4 is 0 Å². The minimum absolute atomic E-state index is 0.420. The number of benzene rings is 2. The summed E-state index contributed by atoms with van der Waals surface area (Å²) in [7, 11) is 0. The van der Waals surface area contributed by atoms with Crippen molar-refractivity contribution in [3.63, 3.8) is 0 Å². The van der Waals surface area contributed by atoms with E-state index in [9.17, 15) is 9.90 Å². The smallest absolute Gasteiger partial charge is 0.312 e. The first kappa shape index (κ1) is 14.4. The van der Waals surface area contributed by atoms with Crippen molar-refractivity contribution in [3.8, 4) is 0 Å². The van der Waals surface area contributed by atoms with Crippen LogP contribution in [-0.2, 0) is 17.6 Å². The van der Waals surface area contributed by atoms with Gasteiger partial charge in [-0.3, -0.25) is 4.79 Å². The van der Waals surface area contributed by atoms with E-state index in [0.29, 0.717) is 6.42 Å². The van der Waals surface area contributed by atoms with Gasteiger partial charge in [0.25, 0.3) is 0 Å². The van der Waals surface area contributed by atoms with Crippen molar-refractivity contribution >= 4 is 28.1 Å². The zero-order valence-corrected chi connectivity index (χ0v) is 13.5. The summed E-state index contributed by atoms with van der Waals surface area (Å²) in [6.45, 7) is 0. The molecule has 0 spiro atoms. The summed E-state index contributed by atoms with van der Waals surface area (Å²) in [5.74, 6) is -1.16. The minimum atomic E-state index is -0.743. The van der Waals surface area contributed by atoms with Gasteiger partial charge >= 0.3 is 5.97 Å². The third-order valence-corrected chi connectivity index (χ3v) is 5.65. The zero-order chi connectivity index (χ0) is 15.8. The number of hydrogen-bond acceptors (Lipinski definition) is 3. The van der Waals surface area contributed by atoms with E-state index in [0.717, 1.165) is 30.0 Å². The van der Waals surface area contributed by atoms with Gasteiger partial charge in [0.1, 0.15) is 0 Å². The second kappa shape index (κ2) is 5.78. The van der Waals surface area contributed by atoms with Crippen LogP contribution in [0.2, 0.25) is 0 Å². The highest BCUT2D eigenvalue weighted by atomic mass is 32.1. The molecule has 1 N–H and O–H groups in total. The number of aromatic nitrogens is 1. The molecule has 116 valence electrons. The summed E-state index contributed by atoms with van der Waals surface area (Å²) in [5, 5.41) is 12.9. The molecule has 1 atom stereocenters. The number of carboxylic acid groups (broad SMARTS) is 1. The molecule has 4 heteroatoms. The van der Waals surface area contributed by atoms with Crippen LogP contribution >= 0.6 is 11.3 Å². The maximum Gasteiger partial charge on any atom is 0.312 e. The lowest BCUT2D eigenvalue weighted by Gasteiger charge is -2.16. The van der Waals surface area contributed by atoms with Gasteiger partial charge in [-0.25, -0.2) is 4.98 Å². The first-order chi connectivity index (χ1) is 11.2. The molecule has 2 aromatic carbocycles. The fourth-order valence-corrected chi connectivity index (χ4v) is 4.59. The molecule has 0 amide bonds. The molecule has 0 saturated heterocycles. The van der Waals surface area contributed by atoms with Gasteiger partial charge in [0.2, 0.25) is 0 Å². The summed E-state index contributed by atoms with van der Waals surface area (Å²) in [4.78, 5) is 17.3. The van der Waals surface area contributed by atoms with E-state index >= 15 is 0 Å². The SMILES string of the molecule is O=C(O)C1CCCc2sc(Cc3cccc4ccccc34)nc21. The number of rotatable bonds is 3. The highest BCUT2D eigenvalue weighted by molar-refractivity contribution is 7.11. The highest BCUT2D eigenvalue weighted by Crippen LogP contribution is 2.36. The van der Waals surface area contributed by atoms with Gasteiger partial charge in [-0.15, -0.1) is 11.3 Å². The Morgan fingerprint density at radius 2 is 2.04 bits per heavy atom. The molecule has 3 aromatic rings. The standard InChI is InChI=1S/C19H17NO2S/c21-19(22)15-9-4-10-16-18(15)20-17(23-16)11-13-7-3-6-12-5-1-2-8-14(12)13/h1-3,5-8,15H,4,9-11H2,(H,21,22). The van der Waals surface area contributed by atoms with E-state index in [1.54, 1.807) is 11.3 Å². The Morgan fingerprint density at radius 1 is 1.22 bits per heavy atom. The van der Waals surface area contributed by atoms with E-state index in [1.807, 2.05) is 6.07 Å². The van der Waals surface area contributed by atoms with E-state index in [2.05, 4.69) is 36.4 Å². The fourth-order valence-electron chi connectivity index (χ4n) is 3.39. The Hall–Kier alpha value is -2.20. The predicted molar refractivity (Wildman–Crippen MR) is 92.2 cm³/mol. The van der Waals surface area contributed by atoms with Crippen molar-refractivity contribution < 1.29 is 9.90 Å². The van der Waals surface area contributed by atoms with Gasteiger partial charge in [-0.2, -0.15) is 0 Å². The van der Waals surface area contributed by atoms with Gasteiger partial charge < -0.3 is 5.11 Å².